The first-order valence-electron chi connectivity index (χ1n) is 14.2. The zero-order valence-electron chi connectivity index (χ0n) is 24.2. The fourth-order valence-electron chi connectivity index (χ4n) is 6.30. The first-order valence-corrected chi connectivity index (χ1v) is 15.7. The number of benzene rings is 2. The minimum atomic E-state index is -3.97. The number of aromatic nitrogens is 1. The summed E-state index contributed by atoms with van der Waals surface area (Å²) in [5.41, 5.74) is 5.08. The van der Waals surface area contributed by atoms with Crippen LogP contribution in [0.4, 0.5) is 0 Å². The lowest BCUT2D eigenvalue weighted by molar-refractivity contribution is -0.138. The average molecular weight is 582 g/mol. The molecule has 1 amide bonds. The zero-order valence-corrected chi connectivity index (χ0v) is 25.0. The molecule has 0 saturated heterocycles. The van der Waals surface area contributed by atoms with E-state index in [1.165, 1.54) is 26.1 Å². The van der Waals surface area contributed by atoms with Gasteiger partial charge < -0.3 is 14.4 Å². The van der Waals surface area contributed by atoms with Gasteiger partial charge in [0.2, 0.25) is 0 Å². The normalized spacial score (nSPS) is 17.1. The molecule has 10 heteroatoms. The van der Waals surface area contributed by atoms with Crippen LogP contribution in [0.1, 0.15) is 78.8 Å². The number of amides is 1. The number of nitrogens with zero attached hydrogens (tertiary/aromatic N) is 2. The van der Waals surface area contributed by atoms with Crippen LogP contribution in [0.2, 0.25) is 0 Å². The van der Waals surface area contributed by atoms with Crippen molar-refractivity contribution in [2.45, 2.75) is 70.8 Å². The quantitative estimate of drug-likeness (QED) is 0.328. The maximum absolute atomic E-state index is 13.1. The Balaban J connectivity index is 1.75. The van der Waals surface area contributed by atoms with E-state index >= 15 is 0 Å². The molecule has 9 nitrogen and oxygen atoms in total. The van der Waals surface area contributed by atoms with Gasteiger partial charge in [0.1, 0.15) is 5.75 Å². The highest BCUT2D eigenvalue weighted by atomic mass is 32.2. The molecule has 3 aromatic rings. The van der Waals surface area contributed by atoms with Crippen LogP contribution >= 0.6 is 0 Å². The maximum Gasteiger partial charge on any atom is 0.303 e. The number of hydrogen-bond acceptors (Lipinski definition) is 5. The third-order valence-electron chi connectivity index (χ3n) is 8.75. The molecular weight excluding hydrogens is 542 g/mol. The zero-order chi connectivity index (χ0) is 29.5. The Morgan fingerprint density at radius 2 is 1.80 bits per heavy atom. The predicted molar refractivity (Wildman–Crippen MR) is 158 cm³/mol. The molecule has 220 valence electrons. The number of carboxylic acid groups (broad SMARTS) is 1. The van der Waals surface area contributed by atoms with Crippen LogP contribution in [0, 0.1) is 12.3 Å². The first-order chi connectivity index (χ1) is 19.4. The molecular formula is C31H39N3O6S. The number of fused-ring (bicyclic) bond motifs is 1. The van der Waals surface area contributed by atoms with Gasteiger partial charge in [-0.1, -0.05) is 25.3 Å². The van der Waals surface area contributed by atoms with Crippen LogP contribution in [0.5, 0.6) is 5.75 Å². The second-order valence-corrected chi connectivity index (χ2v) is 13.8. The third-order valence-corrected chi connectivity index (χ3v) is 10.2. The second-order valence-electron chi connectivity index (χ2n) is 11.9. The van der Waals surface area contributed by atoms with Crippen molar-refractivity contribution in [1.29, 1.82) is 0 Å². The molecule has 0 aliphatic heterocycles. The molecule has 2 N–H and O–H groups in total. The van der Waals surface area contributed by atoms with E-state index in [9.17, 15) is 23.1 Å². The van der Waals surface area contributed by atoms with Crippen molar-refractivity contribution in [3.63, 3.8) is 0 Å². The molecule has 2 aliphatic rings. The number of carboxylic acids is 1. The van der Waals surface area contributed by atoms with Gasteiger partial charge in [-0.05, 0) is 85.4 Å². The van der Waals surface area contributed by atoms with Gasteiger partial charge in [0, 0.05) is 42.7 Å². The van der Waals surface area contributed by atoms with Gasteiger partial charge in [-0.2, -0.15) is 12.7 Å². The van der Waals surface area contributed by atoms with E-state index in [-0.39, 0.29) is 17.4 Å². The van der Waals surface area contributed by atoms with Gasteiger partial charge in [-0.3, -0.25) is 9.59 Å². The Labute approximate surface area is 241 Å². The third kappa shape index (κ3) is 5.85. The highest BCUT2D eigenvalue weighted by Gasteiger charge is 2.46. The Morgan fingerprint density at radius 1 is 1.10 bits per heavy atom. The molecule has 0 unspecified atom stereocenters. The smallest absolute Gasteiger partial charge is 0.303 e. The fourth-order valence-corrected chi connectivity index (χ4v) is 6.83. The van der Waals surface area contributed by atoms with E-state index in [1.807, 2.05) is 18.2 Å². The van der Waals surface area contributed by atoms with Crippen LogP contribution in [0.3, 0.4) is 0 Å². The summed E-state index contributed by atoms with van der Waals surface area (Å²) in [4.78, 5) is 25.0. The van der Waals surface area contributed by atoms with Gasteiger partial charge in [0.05, 0.1) is 19.2 Å². The number of carbonyl (C=O) groups excluding carboxylic acids is 1. The molecule has 0 radical (unpaired) electrons. The summed E-state index contributed by atoms with van der Waals surface area (Å²) >= 11 is 0. The molecule has 0 bridgehead atoms. The van der Waals surface area contributed by atoms with E-state index in [2.05, 4.69) is 22.3 Å². The van der Waals surface area contributed by atoms with Crippen molar-refractivity contribution >= 4 is 33.0 Å². The van der Waals surface area contributed by atoms with Gasteiger partial charge in [-0.25, -0.2) is 4.72 Å². The topological polar surface area (TPSA) is 118 Å². The molecule has 2 aliphatic carbocycles. The summed E-state index contributed by atoms with van der Waals surface area (Å²) in [7, 11) is 0.402. The lowest BCUT2D eigenvalue weighted by Crippen LogP contribution is -2.39. The number of aryl methyl sites for hydroxylation is 1. The first kappa shape index (κ1) is 29.1. The molecule has 2 fully saturated rings. The van der Waals surface area contributed by atoms with Crippen LogP contribution in [0.25, 0.3) is 22.2 Å². The number of hydrogen-bond donors (Lipinski definition) is 2. The van der Waals surface area contributed by atoms with Gasteiger partial charge in [-0.15, -0.1) is 0 Å². The van der Waals surface area contributed by atoms with E-state index < -0.39 is 22.1 Å². The summed E-state index contributed by atoms with van der Waals surface area (Å²) in [6.07, 6.45) is 7.33. The van der Waals surface area contributed by atoms with Crippen molar-refractivity contribution in [2.24, 2.45) is 5.41 Å². The summed E-state index contributed by atoms with van der Waals surface area (Å²) < 4.78 is 35.6. The molecule has 5 rings (SSSR count). The van der Waals surface area contributed by atoms with Gasteiger partial charge >= 0.3 is 16.2 Å². The monoisotopic (exact) mass is 581 g/mol. The molecule has 2 aromatic carbocycles. The van der Waals surface area contributed by atoms with Crippen LogP contribution < -0.4 is 9.46 Å². The van der Waals surface area contributed by atoms with Crippen LogP contribution in [-0.4, -0.2) is 55.5 Å². The van der Waals surface area contributed by atoms with Crippen LogP contribution in [-0.2, 0) is 21.5 Å². The Kier molecular flexibility index (Phi) is 7.91. The Hall–Kier alpha value is -3.37. The fraction of sp³-hybridized carbons (Fsp3) is 0.484. The number of carbonyl (C=O) groups is 2. The van der Waals surface area contributed by atoms with E-state index in [4.69, 9.17) is 4.74 Å². The van der Waals surface area contributed by atoms with Crippen LogP contribution in [0.15, 0.2) is 36.4 Å². The van der Waals surface area contributed by atoms with Crippen molar-refractivity contribution in [1.82, 2.24) is 13.6 Å². The van der Waals surface area contributed by atoms with E-state index in [0.29, 0.717) is 12.5 Å². The van der Waals surface area contributed by atoms with Crippen molar-refractivity contribution in [3.8, 4) is 17.0 Å². The largest absolute Gasteiger partial charge is 0.497 e. The number of aliphatic carboxylic acids is 1. The number of ether oxygens (including phenoxy) is 1. The van der Waals surface area contributed by atoms with Crippen molar-refractivity contribution in [3.05, 3.63) is 53.1 Å². The maximum atomic E-state index is 13.1. The molecule has 2 saturated carbocycles. The predicted octanol–water partition coefficient (Wildman–Crippen LogP) is 5.46. The lowest BCUT2D eigenvalue weighted by atomic mass is 9.81. The van der Waals surface area contributed by atoms with E-state index in [0.717, 1.165) is 76.3 Å². The summed E-state index contributed by atoms with van der Waals surface area (Å²) in [5, 5.41) is 10.7. The standard InChI is InChI=1S/C31H39N3O6S/c1-20-16-23(40-4)11-13-24(20)29-28(21-8-6-5-7-9-21)25-12-10-22(30(37)32-41(38,39)33(2)3)17-26(25)34(29)19-31(14-15-31)18-27(35)36/h10-13,16-17,21H,5-9,14-15,18-19H2,1-4H3,(H,32,37)(H,35,36). The Morgan fingerprint density at radius 3 is 2.39 bits per heavy atom. The second kappa shape index (κ2) is 11.1. The molecule has 0 spiro atoms. The SMILES string of the molecule is COc1ccc(-c2c(C3CCCCC3)c3ccc(C(=O)NS(=O)(=O)N(C)C)cc3n2CC2(CC(=O)O)CC2)c(C)c1. The number of nitrogens with one attached hydrogen (secondary N) is 1. The van der Waals surface area contributed by atoms with Crippen molar-refractivity contribution in [2.75, 3.05) is 21.2 Å². The number of methoxy groups -OCH3 is 1. The van der Waals surface area contributed by atoms with Gasteiger partial charge in [0.25, 0.3) is 5.91 Å². The molecule has 1 heterocycles. The minimum absolute atomic E-state index is 0.0771. The van der Waals surface area contributed by atoms with Crippen molar-refractivity contribution < 1.29 is 27.9 Å². The highest BCUT2D eigenvalue weighted by molar-refractivity contribution is 7.87. The molecule has 1 aromatic heterocycles. The average Bonchev–Trinajstić information content (AvgIpc) is 3.61. The lowest BCUT2D eigenvalue weighted by Gasteiger charge is -2.25. The Bertz CT molecular complexity index is 1600. The summed E-state index contributed by atoms with van der Waals surface area (Å²) in [6, 6.07) is 11.4. The highest BCUT2D eigenvalue weighted by Crippen LogP contribution is 2.53. The van der Waals surface area contributed by atoms with E-state index in [1.54, 1.807) is 19.2 Å². The van der Waals surface area contributed by atoms with Gasteiger partial charge in [0.15, 0.2) is 0 Å². The molecule has 0 atom stereocenters. The minimum Gasteiger partial charge on any atom is -0.497 e. The summed E-state index contributed by atoms with van der Waals surface area (Å²) in [5.74, 6) is -0.435. The number of rotatable bonds is 10. The summed E-state index contributed by atoms with van der Waals surface area (Å²) in [6.45, 7) is 2.56. The molecule has 41 heavy (non-hydrogen) atoms.